The molecule has 1 heterocycles. The summed E-state index contributed by atoms with van der Waals surface area (Å²) in [6.45, 7) is 1.48. The predicted molar refractivity (Wildman–Crippen MR) is 69.9 cm³/mol. The average molecular weight is 274 g/mol. The molecule has 1 aliphatic rings. The maximum atomic E-state index is 12.1. The second-order valence-electron chi connectivity index (χ2n) is 4.11. The van der Waals surface area contributed by atoms with Crippen molar-refractivity contribution in [1.82, 2.24) is 10.6 Å². The number of primary amides is 1. The van der Waals surface area contributed by atoms with Crippen molar-refractivity contribution >= 4 is 29.1 Å². The fourth-order valence-electron chi connectivity index (χ4n) is 1.84. The van der Waals surface area contributed by atoms with Crippen molar-refractivity contribution in [3.05, 3.63) is 0 Å². The fraction of sp³-hybridized carbons (Fsp3) is 0.700. The highest BCUT2D eigenvalue weighted by Gasteiger charge is 2.42. The van der Waals surface area contributed by atoms with E-state index in [0.717, 1.165) is 0 Å². The molecule has 102 valence electrons. The lowest BCUT2D eigenvalue weighted by Crippen LogP contribution is -2.53. The number of hydrogen-bond donors (Lipinski definition) is 4. The molecule has 0 radical (unpaired) electrons. The molecule has 8 heteroatoms. The molecule has 0 aromatic carbocycles. The average Bonchev–Trinajstić information content (AvgIpc) is 2.34. The van der Waals surface area contributed by atoms with E-state index >= 15 is 0 Å². The van der Waals surface area contributed by atoms with Crippen molar-refractivity contribution in [1.29, 1.82) is 0 Å². The number of ether oxygens (including phenoxy) is 1. The van der Waals surface area contributed by atoms with Crippen molar-refractivity contribution in [2.75, 3.05) is 26.3 Å². The molecule has 1 rings (SSSR count). The summed E-state index contributed by atoms with van der Waals surface area (Å²) in [6.07, 6.45) is 0.967. The maximum absolute atomic E-state index is 12.1. The number of nitrogens with two attached hydrogens (primary N) is 2. The van der Waals surface area contributed by atoms with E-state index < -0.39 is 11.4 Å². The molecule has 0 aliphatic carbocycles. The second kappa shape index (κ2) is 6.50. The van der Waals surface area contributed by atoms with Crippen LogP contribution in [0.3, 0.4) is 0 Å². The first-order valence-electron chi connectivity index (χ1n) is 5.68. The van der Waals surface area contributed by atoms with Gasteiger partial charge in [0.2, 0.25) is 5.91 Å². The highest BCUT2D eigenvalue weighted by molar-refractivity contribution is 7.80. The summed E-state index contributed by atoms with van der Waals surface area (Å²) < 4.78 is 5.21. The molecule has 7 nitrogen and oxygen atoms in total. The molecule has 0 spiro atoms. The van der Waals surface area contributed by atoms with E-state index in [0.29, 0.717) is 26.1 Å². The molecule has 0 unspecified atom stereocenters. The first-order valence-corrected chi connectivity index (χ1v) is 6.09. The van der Waals surface area contributed by atoms with Gasteiger partial charge in [-0.1, -0.05) is 12.2 Å². The predicted octanol–water partition coefficient (Wildman–Crippen LogP) is -1.15. The van der Waals surface area contributed by atoms with E-state index in [1.165, 1.54) is 0 Å². The standard InChI is InChI=1S/C10H18N4O3S/c11-7(18)10(1-5-17-6-2-10)8(15)13-3-4-14-9(12)16/h1-6H2,(H2,11,18)(H,13,15)(H3,12,14,16). The number of hydrogen-bond acceptors (Lipinski definition) is 4. The topological polar surface area (TPSA) is 119 Å². The number of urea groups is 1. The number of carbonyl (C=O) groups is 2. The molecule has 0 atom stereocenters. The van der Waals surface area contributed by atoms with Crippen LogP contribution in [0.1, 0.15) is 12.8 Å². The molecular weight excluding hydrogens is 256 g/mol. The molecule has 1 fully saturated rings. The third-order valence-corrected chi connectivity index (χ3v) is 3.35. The van der Waals surface area contributed by atoms with Gasteiger partial charge in [0.05, 0.1) is 4.99 Å². The van der Waals surface area contributed by atoms with Gasteiger partial charge in [0.15, 0.2) is 0 Å². The van der Waals surface area contributed by atoms with Crippen molar-refractivity contribution < 1.29 is 14.3 Å². The Hall–Kier alpha value is -1.41. The van der Waals surface area contributed by atoms with Gasteiger partial charge in [0.25, 0.3) is 0 Å². The zero-order chi connectivity index (χ0) is 13.6. The molecular formula is C10H18N4O3S. The molecule has 18 heavy (non-hydrogen) atoms. The van der Waals surface area contributed by atoms with Crippen molar-refractivity contribution in [3.63, 3.8) is 0 Å². The monoisotopic (exact) mass is 274 g/mol. The second-order valence-corrected chi connectivity index (χ2v) is 4.55. The van der Waals surface area contributed by atoms with Gasteiger partial charge in [-0.15, -0.1) is 0 Å². The molecule has 1 aliphatic heterocycles. The Kier molecular flexibility index (Phi) is 5.29. The summed E-state index contributed by atoms with van der Waals surface area (Å²) in [5.41, 5.74) is 9.75. The minimum Gasteiger partial charge on any atom is -0.392 e. The highest BCUT2D eigenvalue weighted by Crippen LogP contribution is 2.31. The summed E-state index contributed by atoms with van der Waals surface area (Å²) in [5.74, 6) is -0.218. The van der Waals surface area contributed by atoms with E-state index in [-0.39, 0.29) is 24.0 Å². The molecule has 0 aromatic heterocycles. The summed E-state index contributed by atoms with van der Waals surface area (Å²) >= 11 is 5.00. The minimum absolute atomic E-state index is 0.186. The fourth-order valence-corrected chi connectivity index (χ4v) is 2.13. The zero-order valence-electron chi connectivity index (χ0n) is 10.0. The molecule has 3 amide bonds. The first kappa shape index (κ1) is 14.7. The van der Waals surface area contributed by atoms with E-state index in [2.05, 4.69) is 10.6 Å². The Labute approximate surface area is 111 Å². The number of carbonyl (C=O) groups excluding carboxylic acids is 2. The van der Waals surface area contributed by atoms with Crippen molar-refractivity contribution in [2.24, 2.45) is 16.9 Å². The van der Waals surface area contributed by atoms with Crippen LogP contribution in [0.2, 0.25) is 0 Å². The van der Waals surface area contributed by atoms with Crippen LogP contribution in [0.4, 0.5) is 4.79 Å². The Bertz CT molecular complexity index is 342. The molecule has 0 saturated carbocycles. The van der Waals surface area contributed by atoms with Gasteiger partial charge in [-0.3, -0.25) is 4.79 Å². The van der Waals surface area contributed by atoms with Gasteiger partial charge in [-0.25, -0.2) is 4.79 Å². The molecule has 0 bridgehead atoms. The SMILES string of the molecule is NC(=O)NCCNC(=O)C1(C(N)=S)CCOCC1. The Morgan fingerprint density at radius 3 is 2.22 bits per heavy atom. The Morgan fingerprint density at radius 1 is 1.17 bits per heavy atom. The third-order valence-electron chi connectivity index (χ3n) is 2.96. The molecule has 1 saturated heterocycles. The summed E-state index contributed by atoms with van der Waals surface area (Å²) in [7, 11) is 0. The largest absolute Gasteiger partial charge is 0.392 e. The van der Waals surface area contributed by atoms with Crippen LogP contribution in [-0.2, 0) is 9.53 Å². The van der Waals surface area contributed by atoms with E-state index in [4.69, 9.17) is 28.4 Å². The lowest BCUT2D eigenvalue weighted by Gasteiger charge is -2.34. The van der Waals surface area contributed by atoms with Crippen LogP contribution in [0.5, 0.6) is 0 Å². The maximum Gasteiger partial charge on any atom is 0.312 e. The van der Waals surface area contributed by atoms with E-state index in [1.807, 2.05) is 0 Å². The van der Waals surface area contributed by atoms with E-state index in [1.54, 1.807) is 0 Å². The number of rotatable bonds is 5. The normalized spacial score (nSPS) is 17.8. The van der Waals surface area contributed by atoms with Gasteiger partial charge in [-0.2, -0.15) is 0 Å². The number of nitrogens with one attached hydrogen (secondary N) is 2. The van der Waals surface area contributed by atoms with Crippen LogP contribution in [0.25, 0.3) is 0 Å². The summed E-state index contributed by atoms with van der Waals surface area (Å²) in [4.78, 5) is 22.8. The lowest BCUT2D eigenvalue weighted by molar-refractivity contribution is -0.131. The minimum atomic E-state index is -0.833. The van der Waals surface area contributed by atoms with Gasteiger partial charge >= 0.3 is 6.03 Å². The van der Waals surface area contributed by atoms with E-state index in [9.17, 15) is 9.59 Å². The van der Waals surface area contributed by atoms with Crippen molar-refractivity contribution in [3.8, 4) is 0 Å². The highest BCUT2D eigenvalue weighted by atomic mass is 32.1. The smallest absolute Gasteiger partial charge is 0.312 e. The van der Waals surface area contributed by atoms with Crippen LogP contribution in [0.15, 0.2) is 0 Å². The Balaban J connectivity index is 2.50. The summed E-state index contributed by atoms with van der Waals surface area (Å²) in [6, 6.07) is -0.626. The molecule has 6 N–H and O–H groups in total. The lowest BCUT2D eigenvalue weighted by atomic mass is 9.79. The number of thiocarbonyl (C=S) groups is 1. The quantitative estimate of drug-likeness (QED) is 0.373. The molecule has 0 aromatic rings. The number of amides is 3. The Morgan fingerprint density at radius 2 is 1.72 bits per heavy atom. The van der Waals surface area contributed by atoms with Crippen LogP contribution >= 0.6 is 12.2 Å². The van der Waals surface area contributed by atoms with Crippen LogP contribution in [-0.4, -0.2) is 43.2 Å². The van der Waals surface area contributed by atoms with Crippen LogP contribution in [0, 0.1) is 5.41 Å². The third kappa shape index (κ3) is 3.54. The zero-order valence-corrected chi connectivity index (χ0v) is 10.8. The van der Waals surface area contributed by atoms with Crippen molar-refractivity contribution in [2.45, 2.75) is 12.8 Å². The van der Waals surface area contributed by atoms with Gasteiger partial charge in [-0.05, 0) is 12.8 Å². The van der Waals surface area contributed by atoms with Gasteiger partial charge in [0.1, 0.15) is 5.41 Å². The first-order chi connectivity index (χ1) is 8.49. The summed E-state index contributed by atoms with van der Waals surface area (Å²) in [5, 5.41) is 5.08. The van der Waals surface area contributed by atoms with Gasteiger partial charge < -0.3 is 26.8 Å². The van der Waals surface area contributed by atoms with Gasteiger partial charge in [0, 0.05) is 26.3 Å². The van der Waals surface area contributed by atoms with Crippen LogP contribution < -0.4 is 22.1 Å².